The molecule has 1 fully saturated rings. The lowest BCUT2D eigenvalue weighted by Gasteiger charge is -2.37. The fourth-order valence-corrected chi connectivity index (χ4v) is 5.44. The molecule has 0 N–H and O–H groups in total. The van der Waals surface area contributed by atoms with E-state index in [4.69, 9.17) is 4.74 Å². The van der Waals surface area contributed by atoms with Crippen LogP contribution in [0.25, 0.3) is 11.1 Å². The molecule has 190 valence electrons. The predicted molar refractivity (Wildman–Crippen MR) is 150 cm³/mol. The van der Waals surface area contributed by atoms with Crippen molar-refractivity contribution in [3.8, 4) is 11.1 Å². The number of esters is 1. The number of aryl methyl sites for hydroxylation is 1. The van der Waals surface area contributed by atoms with Crippen molar-refractivity contribution in [1.29, 1.82) is 0 Å². The van der Waals surface area contributed by atoms with Crippen molar-refractivity contribution in [2.75, 3.05) is 44.2 Å². The van der Waals surface area contributed by atoms with Crippen LogP contribution in [0.15, 0.2) is 78.9 Å². The summed E-state index contributed by atoms with van der Waals surface area (Å²) in [4.78, 5) is 18.1. The molecule has 4 rings (SSSR count). The number of benzene rings is 3. The minimum Gasteiger partial charge on any atom is -0.465 e. The van der Waals surface area contributed by atoms with Crippen LogP contribution in [-0.2, 0) is 14.9 Å². The predicted octanol–water partition coefficient (Wildman–Crippen LogP) is 6.48. The highest BCUT2D eigenvalue weighted by molar-refractivity contribution is 5.83. The van der Waals surface area contributed by atoms with E-state index >= 15 is 0 Å². The number of nitrogens with zero attached hydrogens (tertiary/aromatic N) is 2. The zero-order chi connectivity index (χ0) is 25.4. The molecular weight excluding hydrogens is 444 g/mol. The highest BCUT2D eigenvalue weighted by Gasteiger charge is 2.39. The second kappa shape index (κ2) is 12.2. The van der Waals surface area contributed by atoms with E-state index in [2.05, 4.69) is 84.3 Å². The normalized spacial score (nSPS) is 15.9. The molecule has 4 heteroatoms. The van der Waals surface area contributed by atoms with Crippen LogP contribution >= 0.6 is 0 Å². The quantitative estimate of drug-likeness (QED) is 0.309. The summed E-state index contributed by atoms with van der Waals surface area (Å²) in [5.41, 5.74) is 5.63. The first kappa shape index (κ1) is 26.0. The second-order valence-electron chi connectivity index (χ2n) is 9.87. The van der Waals surface area contributed by atoms with Gasteiger partial charge in [-0.05, 0) is 68.5 Å². The van der Waals surface area contributed by atoms with Crippen LogP contribution in [-0.4, -0.2) is 50.2 Å². The third-order valence-electron chi connectivity index (χ3n) is 7.63. The van der Waals surface area contributed by atoms with Crippen LogP contribution in [0, 0.1) is 6.92 Å². The highest BCUT2D eigenvalue weighted by Crippen LogP contribution is 2.35. The molecule has 1 aliphatic heterocycles. The van der Waals surface area contributed by atoms with Gasteiger partial charge in [0.05, 0.1) is 12.0 Å². The molecule has 0 aliphatic carbocycles. The minimum absolute atomic E-state index is 0.0855. The van der Waals surface area contributed by atoms with Crippen molar-refractivity contribution in [2.24, 2.45) is 0 Å². The summed E-state index contributed by atoms with van der Waals surface area (Å²) < 4.78 is 5.54. The lowest BCUT2D eigenvalue weighted by Crippen LogP contribution is -2.47. The van der Waals surface area contributed by atoms with Crippen LogP contribution in [0.3, 0.4) is 0 Å². The van der Waals surface area contributed by atoms with Gasteiger partial charge in [-0.2, -0.15) is 0 Å². The summed E-state index contributed by atoms with van der Waals surface area (Å²) >= 11 is 0. The number of anilines is 1. The Morgan fingerprint density at radius 2 is 1.58 bits per heavy atom. The zero-order valence-electron chi connectivity index (χ0n) is 22.1. The van der Waals surface area contributed by atoms with Gasteiger partial charge in [-0.1, -0.05) is 79.2 Å². The van der Waals surface area contributed by atoms with E-state index in [0.717, 1.165) is 57.5 Å². The molecule has 3 aromatic rings. The summed E-state index contributed by atoms with van der Waals surface area (Å²) in [6.07, 6.45) is 2.54. The maximum absolute atomic E-state index is 13.1. The first-order chi connectivity index (χ1) is 17.6. The number of hydrogen-bond donors (Lipinski definition) is 0. The molecule has 0 spiro atoms. The second-order valence-corrected chi connectivity index (χ2v) is 9.87. The molecule has 1 atom stereocenters. The Balaban J connectivity index is 1.31. The summed E-state index contributed by atoms with van der Waals surface area (Å²) in [5.74, 6) is -0.0855. The monoisotopic (exact) mass is 484 g/mol. The number of ether oxygens (including phenoxy) is 1. The number of carbonyl (C=O) groups is 1. The van der Waals surface area contributed by atoms with Gasteiger partial charge in [0.1, 0.15) is 0 Å². The van der Waals surface area contributed by atoms with E-state index in [1.54, 1.807) is 0 Å². The molecule has 1 unspecified atom stereocenters. The Morgan fingerprint density at radius 3 is 2.22 bits per heavy atom. The fourth-order valence-electron chi connectivity index (χ4n) is 5.44. The van der Waals surface area contributed by atoms with Gasteiger partial charge in [-0.25, -0.2) is 0 Å². The fraction of sp³-hybridized carbons (Fsp3) is 0.406. The summed E-state index contributed by atoms with van der Waals surface area (Å²) in [5, 5.41) is 0. The lowest BCUT2D eigenvalue weighted by molar-refractivity contribution is -0.150. The van der Waals surface area contributed by atoms with Gasteiger partial charge in [-0.3, -0.25) is 9.69 Å². The molecule has 4 nitrogen and oxygen atoms in total. The van der Waals surface area contributed by atoms with Crippen molar-refractivity contribution in [1.82, 2.24) is 4.90 Å². The van der Waals surface area contributed by atoms with E-state index in [1.165, 1.54) is 22.4 Å². The van der Waals surface area contributed by atoms with E-state index < -0.39 is 5.41 Å². The molecule has 0 saturated carbocycles. The average molecular weight is 485 g/mol. The number of piperazine rings is 1. The van der Waals surface area contributed by atoms with Gasteiger partial charge in [0, 0.05) is 31.9 Å². The van der Waals surface area contributed by atoms with E-state index in [1.807, 2.05) is 25.1 Å². The molecule has 36 heavy (non-hydrogen) atoms. The van der Waals surface area contributed by atoms with Crippen molar-refractivity contribution >= 4 is 11.7 Å². The third-order valence-corrected chi connectivity index (χ3v) is 7.63. The van der Waals surface area contributed by atoms with Crippen molar-refractivity contribution in [3.63, 3.8) is 0 Å². The Hall–Kier alpha value is -3.11. The maximum atomic E-state index is 13.1. The molecule has 3 aromatic carbocycles. The van der Waals surface area contributed by atoms with Gasteiger partial charge < -0.3 is 9.64 Å². The minimum atomic E-state index is -0.557. The summed E-state index contributed by atoms with van der Waals surface area (Å²) in [6, 6.07) is 27.8. The van der Waals surface area contributed by atoms with E-state index in [9.17, 15) is 4.79 Å². The standard InChI is InChI=1S/C32H40N2O2/c1-4-32(31(35)36-5-2,29-13-7-6-8-14-29)19-10-20-33-21-23-34(24-22-33)30-17-15-27(16-18-30)28-12-9-11-26(3)25-28/h6-9,11-18,25H,4-5,10,19-24H2,1-3H3. The van der Waals surface area contributed by atoms with Gasteiger partial charge in [-0.15, -0.1) is 0 Å². The third kappa shape index (κ3) is 5.99. The van der Waals surface area contributed by atoms with Crippen molar-refractivity contribution in [3.05, 3.63) is 90.0 Å². The van der Waals surface area contributed by atoms with Crippen molar-refractivity contribution < 1.29 is 9.53 Å². The lowest BCUT2D eigenvalue weighted by atomic mass is 9.74. The molecule has 1 aliphatic rings. The van der Waals surface area contributed by atoms with Gasteiger partial charge in [0.2, 0.25) is 0 Å². The molecular formula is C32H40N2O2. The molecule has 0 aromatic heterocycles. The van der Waals surface area contributed by atoms with E-state index in [-0.39, 0.29) is 5.97 Å². The summed E-state index contributed by atoms with van der Waals surface area (Å²) in [6.45, 7) is 11.7. The number of carbonyl (C=O) groups excluding carboxylic acids is 1. The van der Waals surface area contributed by atoms with Gasteiger partial charge in [0.15, 0.2) is 0 Å². The van der Waals surface area contributed by atoms with Crippen LogP contribution < -0.4 is 4.90 Å². The van der Waals surface area contributed by atoms with E-state index in [0.29, 0.717) is 6.61 Å². The number of hydrogen-bond acceptors (Lipinski definition) is 4. The molecule has 1 saturated heterocycles. The Kier molecular flexibility index (Phi) is 8.82. The molecule has 1 heterocycles. The largest absolute Gasteiger partial charge is 0.465 e. The smallest absolute Gasteiger partial charge is 0.316 e. The molecule has 0 radical (unpaired) electrons. The Morgan fingerprint density at radius 1 is 0.861 bits per heavy atom. The Labute approximate surface area is 216 Å². The van der Waals surface area contributed by atoms with Crippen LogP contribution in [0.4, 0.5) is 5.69 Å². The number of rotatable bonds is 10. The first-order valence-electron chi connectivity index (χ1n) is 13.4. The van der Waals surface area contributed by atoms with Crippen LogP contribution in [0.5, 0.6) is 0 Å². The SMILES string of the molecule is CCOC(=O)C(CC)(CCCN1CCN(c2ccc(-c3cccc(C)c3)cc2)CC1)c1ccccc1. The molecule has 0 bridgehead atoms. The summed E-state index contributed by atoms with van der Waals surface area (Å²) in [7, 11) is 0. The van der Waals surface area contributed by atoms with Crippen LogP contribution in [0.1, 0.15) is 44.2 Å². The topological polar surface area (TPSA) is 32.8 Å². The highest BCUT2D eigenvalue weighted by atomic mass is 16.5. The average Bonchev–Trinajstić information content (AvgIpc) is 2.92. The van der Waals surface area contributed by atoms with Gasteiger partial charge in [0.25, 0.3) is 0 Å². The Bertz CT molecular complexity index is 1100. The maximum Gasteiger partial charge on any atom is 0.316 e. The zero-order valence-corrected chi connectivity index (χ0v) is 22.1. The van der Waals surface area contributed by atoms with Crippen molar-refractivity contribution in [2.45, 2.75) is 45.4 Å². The van der Waals surface area contributed by atoms with Crippen LogP contribution in [0.2, 0.25) is 0 Å². The first-order valence-corrected chi connectivity index (χ1v) is 13.4. The molecule has 0 amide bonds. The van der Waals surface area contributed by atoms with Gasteiger partial charge >= 0.3 is 5.97 Å².